The third-order valence-corrected chi connectivity index (χ3v) is 7.54. The number of hydrogen-bond donors (Lipinski definition) is 8. The van der Waals surface area contributed by atoms with Crippen LogP contribution in [0.15, 0.2) is 63.7 Å². The van der Waals surface area contributed by atoms with Crippen LogP contribution in [-0.4, -0.2) is 58.9 Å². The quantitative estimate of drug-likeness (QED) is 0.0345. The van der Waals surface area contributed by atoms with Crippen LogP contribution in [0.2, 0.25) is 0 Å². The zero-order valence-corrected chi connectivity index (χ0v) is 27.7. The van der Waals surface area contributed by atoms with Crippen molar-refractivity contribution in [1.29, 1.82) is 0 Å². The van der Waals surface area contributed by atoms with E-state index in [2.05, 4.69) is 25.8 Å². The number of carbonyl (C=O) groups is 4. The Bertz CT molecular complexity index is 1480. The summed E-state index contributed by atoms with van der Waals surface area (Å²) >= 11 is 0. The second kappa shape index (κ2) is 19.3. The van der Waals surface area contributed by atoms with Crippen LogP contribution in [0, 0.1) is 17.8 Å². The first-order valence-electron chi connectivity index (χ1n) is 15.6. The topological polar surface area (TPSA) is 280 Å². The predicted molar refractivity (Wildman–Crippen MR) is 185 cm³/mol. The van der Waals surface area contributed by atoms with Crippen molar-refractivity contribution in [3.8, 4) is 0 Å². The Balaban J connectivity index is 2.26. The molecule has 0 fully saturated rings. The van der Waals surface area contributed by atoms with Gasteiger partial charge in [0.1, 0.15) is 5.78 Å². The lowest BCUT2D eigenvalue weighted by Gasteiger charge is -2.26. The zero-order valence-electron chi connectivity index (χ0n) is 27.7. The highest BCUT2D eigenvalue weighted by molar-refractivity contribution is 5.97. The number of nitrogens with two attached hydrogens (primary N) is 5. The highest BCUT2D eigenvalue weighted by Crippen LogP contribution is 2.21. The third-order valence-electron chi connectivity index (χ3n) is 7.54. The van der Waals surface area contributed by atoms with Crippen LogP contribution in [0.3, 0.4) is 0 Å². The van der Waals surface area contributed by atoms with Crippen molar-refractivity contribution in [2.45, 2.75) is 65.5 Å². The van der Waals surface area contributed by atoms with Crippen LogP contribution < -0.4 is 39.3 Å². The SMILES string of the molecule is CC(=O)C[C@H](CCCN=C(N)N)C(=O)N[C@H](C(=O)C[C@H](Cc1ccc(N=C(N)N)cc1)C(=O)NCc1ccc(/C(N)=N/O)cc1)C(C)C. The first-order valence-corrected chi connectivity index (χ1v) is 15.6. The fourth-order valence-electron chi connectivity index (χ4n) is 5.06. The van der Waals surface area contributed by atoms with E-state index in [9.17, 15) is 19.2 Å². The van der Waals surface area contributed by atoms with Gasteiger partial charge in [-0.25, -0.2) is 4.99 Å². The van der Waals surface area contributed by atoms with E-state index in [1.54, 1.807) is 62.4 Å². The molecule has 2 amide bonds. The summed E-state index contributed by atoms with van der Waals surface area (Å²) in [6.07, 6.45) is 0.892. The van der Waals surface area contributed by atoms with Gasteiger partial charge in [0.15, 0.2) is 23.5 Å². The molecule has 0 aliphatic rings. The summed E-state index contributed by atoms with van der Waals surface area (Å²) in [5.41, 5.74) is 29.9. The number of ketones is 2. The van der Waals surface area contributed by atoms with Crippen molar-refractivity contribution in [2.75, 3.05) is 6.54 Å². The molecule has 13 N–H and O–H groups in total. The summed E-state index contributed by atoms with van der Waals surface area (Å²) in [5, 5.41) is 17.6. The molecule has 0 unspecified atom stereocenters. The van der Waals surface area contributed by atoms with E-state index in [4.69, 9.17) is 33.9 Å². The average Bonchev–Trinajstić information content (AvgIpc) is 3.03. The summed E-state index contributed by atoms with van der Waals surface area (Å²) in [6, 6.07) is 12.8. The number of nitrogens with zero attached hydrogens (tertiary/aromatic N) is 3. The van der Waals surface area contributed by atoms with E-state index >= 15 is 0 Å². The number of oxime groups is 1. The fraction of sp³-hybridized carbons (Fsp3) is 0.424. The average molecular weight is 665 g/mol. The maximum Gasteiger partial charge on any atom is 0.224 e. The van der Waals surface area contributed by atoms with Gasteiger partial charge in [0.25, 0.3) is 0 Å². The zero-order chi connectivity index (χ0) is 35.8. The number of amides is 2. The Hall–Kier alpha value is -5.47. The Kier molecular flexibility index (Phi) is 15.5. The highest BCUT2D eigenvalue weighted by Gasteiger charge is 2.31. The standard InChI is InChI=1S/C33H48N10O5/c1-19(2)28(42-31(47)24(15-20(3)44)5-4-14-39-32(35)36)27(45)17-25(16-21-8-12-26(13-9-21)41-33(37)38)30(46)40-18-22-6-10-23(11-7-22)29(34)43-48/h6-13,19,24-25,28,48H,4-5,14-18H2,1-3H3,(H2,34,43)(H,40,46)(H,42,47)(H4,35,36,39)(H4,37,38,41)/t24-,25-,28-/m0/s1. The molecular weight excluding hydrogens is 616 g/mol. The fourth-order valence-corrected chi connectivity index (χ4v) is 5.06. The van der Waals surface area contributed by atoms with Crippen LogP contribution in [0.25, 0.3) is 0 Å². The van der Waals surface area contributed by atoms with Crippen LogP contribution in [0.4, 0.5) is 5.69 Å². The van der Waals surface area contributed by atoms with Gasteiger partial charge < -0.3 is 49.3 Å². The van der Waals surface area contributed by atoms with Gasteiger partial charge in [0.05, 0.1) is 11.7 Å². The van der Waals surface area contributed by atoms with Gasteiger partial charge in [-0.3, -0.25) is 19.4 Å². The second-order valence-electron chi connectivity index (χ2n) is 12.0. The minimum Gasteiger partial charge on any atom is -0.409 e. The lowest BCUT2D eigenvalue weighted by Crippen LogP contribution is -2.48. The Morgan fingerprint density at radius 1 is 0.812 bits per heavy atom. The molecule has 2 rings (SSSR count). The van der Waals surface area contributed by atoms with Crippen molar-refractivity contribution < 1.29 is 24.4 Å². The molecule has 0 aliphatic carbocycles. The number of rotatable bonds is 19. The summed E-state index contributed by atoms with van der Waals surface area (Å²) in [6.45, 7) is 5.48. The van der Waals surface area contributed by atoms with E-state index in [1.165, 1.54) is 6.92 Å². The third kappa shape index (κ3) is 13.5. The predicted octanol–water partition coefficient (Wildman–Crippen LogP) is 0.910. The molecule has 3 atom stereocenters. The Morgan fingerprint density at radius 2 is 1.44 bits per heavy atom. The normalized spacial score (nSPS) is 13.1. The van der Waals surface area contributed by atoms with E-state index < -0.39 is 23.8 Å². The van der Waals surface area contributed by atoms with Crippen LogP contribution in [0.5, 0.6) is 0 Å². The molecule has 0 saturated heterocycles. The molecule has 260 valence electrons. The molecule has 0 bridgehead atoms. The summed E-state index contributed by atoms with van der Waals surface area (Å²) < 4.78 is 0. The van der Waals surface area contributed by atoms with Crippen LogP contribution in [-0.2, 0) is 32.1 Å². The Labute approximate surface area is 280 Å². The number of carbonyl (C=O) groups excluding carboxylic acids is 4. The number of aliphatic imine (C=N–C) groups is 2. The van der Waals surface area contributed by atoms with E-state index in [0.29, 0.717) is 30.6 Å². The van der Waals surface area contributed by atoms with Gasteiger partial charge in [0, 0.05) is 43.3 Å². The molecule has 0 aliphatic heterocycles. The molecule has 0 aromatic heterocycles. The van der Waals surface area contributed by atoms with Crippen molar-refractivity contribution in [1.82, 2.24) is 10.6 Å². The Morgan fingerprint density at radius 3 is 1.98 bits per heavy atom. The number of guanidine groups is 2. The van der Waals surface area contributed by atoms with Crippen LogP contribution >= 0.6 is 0 Å². The largest absolute Gasteiger partial charge is 0.409 e. The van der Waals surface area contributed by atoms with Gasteiger partial charge in [-0.15, -0.1) is 0 Å². The molecule has 0 spiro atoms. The number of nitrogens with one attached hydrogen (secondary N) is 2. The molecule has 15 heteroatoms. The summed E-state index contributed by atoms with van der Waals surface area (Å²) in [5.74, 6) is -3.20. The summed E-state index contributed by atoms with van der Waals surface area (Å²) in [7, 11) is 0. The van der Waals surface area contributed by atoms with Crippen molar-refractivity contribution in [3.05, 3.63) is 65.2 Å². The molecule has 15 nitrogen and oxygen atoms in total. The van der Waals surface area contributed by atoms with Crippen molar-refractivity contribution >= 4 is 46.8 Å². The van der Waals surface area contributed by atoms with Gasteiger partial charge in [0.2, 0.25) is 11.8 Å². The molecule has 0 radical (unpaired) electrons. The van der Waals surface area contributed by atoms with E-state index in [1.807, 2.05) is 0 Å². The van der Waals surface area contributed by atoms with E-state index in [-0.39, 0.29) is 67.0 Å². The molecule has 2 aromatic carbocycles. The van der Waals surface area contributed by atoms with Crippen LogP contribution in [0.1, 0.15) is 63.1 Å². The molecule has 48 heavy (non-hydrogen) atoms. The van der Waals surface area contributed by atoms with Gasteiger partial charge in [-0.1, -0.05) is 55.4 Å². The second-order valence-corrected chi connectivity index (χ2v) is 12.0. The summed E-state index contributed by atoms with van der Waals surface area (Å²) in [4.78, 5) is 60.6. The lowest BCUT2D eigenvalue weighted by molar-refractivity contribution is -0.134. The highest BCUT2D eigenvalue weighted by atomic mass is 16.4. The number of hydrogen-bond acceptors (Lipinski definition) is 8. The molecule has 2 aromatic rings. The van der Waals surface area contributed by atoms with Gasteiger partial charge >= 0.3 is 0 Å². The first-order chi connectivity index (χ1) is 22.7. The van der Waals surface area contributed by atoms with E-state index in [0.717, 1.165) is 11.1 Å². The smallest absolute Gasteiger partial charge is 0.224 e. The maximum atomic E-state index is 13.8. The molecule has 0 heterocycles. The number of Topliss-reactive ketones (excluding diaryl/α,β-unsaturated/α-hetero) is 2. The van der Waals surface area contributed by atoms with Crippen molar-refractivity contribution in [3.63, 3.8) is 0 Å². The number of amidine groups is 1. The minimum atomic E-state index is -0.893. The first kappa shape index (κ1) is 38.7. The van der Waals surface area contributed by atoms with Gasteiger partial charge in [-0.2, -0.15) is 0 Å². The lowest BCUT2D eigenvalue weighted by atomic mass is 9.87. The van der Waals surface area contributed by atoms with Crippen molar-refractivity contribution in [2.24, 2.45) is 61.6 Å². The van der Waals surface area contributed by atoms with Gasteiger partial charge in [-0.05, 0) is 55.4 Å². The maximum absolute atomic E-state index is 13.8. The monoisotopic (exact) mass is 664 g/mol. The minimum absolute atomic E-state index is 0.00785. The number of benzene rings is 2. The molecule has 0 saturated carbocycles. The molecular formula is C33H48N10O5.